The number of hydrogen-bond acceptors (Lipinski definition) is 2. The molecule has 1 N–H and O–H groups in total. The van der Waals surface area contributed by atoms with E-state index in [1.54, 1.807) is 6.92 Å². The Hall–Kier alpha value is -1.78. The zero-order valence-electron chi connectivity index (χ0n) is 8.34. The van der Waals surface area contributed by atoms with Gasteiger partial charge in [0.05, 0.1) is 5.71 Å². The average Bonchev–Trinajstić information content (AvgIpc) is 2.18. The van der Waals surface area contributed by atoms with Gasteiger partial charge in [0, 0.05) is 12.5 Å². The molecule has 15 heavy (non-hydrogen) atoms. The number of carbonyl (C=O) groups is 1. The van der Waals surface area contributed by atoms with Crippen molar-refractivity contribution in [3.05, 3.63) is 35.4 Å². The fourth-order valence-corrected chi connectivity index (χ4v) is 0.948. The Morgan fingerprint density at radius 3 is 2.47 bits per heavy atom. The van der Waals surface area contributed by atoms with E-state index in [2.05, 4.69) is 10.5 Å². The maximum Gasteiger partial charge on any atom is 0.236 e. The van der Waals surface area contributed by atoms with Gasteiger partial charge in [-0.1, -0.05) is 0 Å². The van der Waals surface area contributed by atoms with Crippen molar-refractivity contribution in [1.82, 2.24) is 5.43 Å². The Morgan fingerprint density at radius 1 is 1.27 bits per heavy atom. The highest BCUT2D eigenvalue weighted by Gasteiger charge is 2.04. The summed E-state index contributed by atoms with van der Waals surface area (Å²) in [5.41, 5.74) is 3.04. The summed E-state index contributed by atoms with van der Waals surface area (Å²) in [5, 5.41) is 3.69. The van der Waals surface area contributed by atoms with Crippen LogP contribution in [0.25, 0.3) is 0 Å². The second-order valence-electron chi connectivity index (χ2n) is 2.99. The normalized spacial score (nSPS) is 11.3. The van der Waals surface area contributed by atoms with Crippen LogP contribution in [0.2, 0.25) is 0 Å². The van der Waals surface area contributed by atoms with E-state index in [4.69, 9.17) is 0 Å². The molecule has 0 radical (unpaired) electrons. The van der Waals surface area contributed by atoms with Crippen LogP contribution in [0.15, 0.2) is 23.3 Å². The van der Waals surface area contributed by atoms with Crippen molar-refractivity contribution in [3.8, 4) is 0 Å². The minimum absolute atomic E-state index is 0.322. The second kappa shape index (κ2) is 4.63. The highest BCUT2D eigenvalue weighted by Crippen LogP contribution is 2.09. The van der Waals surface area contributed by atoms with Gasteiger partial charge in [-0.3, -0.25) is 4.79 Å². The van der Waals surface area contributed by atoms with E-state index in [0.29, 0.717) is 11.3 Å². The Labute approximate surface area is 85.8 Å². The van der Waals surface area contributed by atoms with Gasteiger partial charge in [-0.05, 0) is 25.1 Å². The molecule has 0 heterocycles. The van der Waals surface area contributed by atoms with Crippen molar-refractivity contribution in [3.63, 3.8) is 0 Å². The fourth-order valence-electron chi connectivity index (χ4n) is 0.948. The molecule has 0 aliphatic rings. The van der Waals surface area contributed by atoms with E-state index in [1.165, 1.54) is 13.0 Å². The number of halogens is 2. The van der Waals surface area contributed by atoms with Crippen LogP contribution in [0, 0.1) is 11.6 Å². The highest BCUT2D eigenvalue weighted by atomic mass is 19.2. The number of nitrogens with zero attached hydrogens (tertiary/aromatic N) is 1. The van der Waals surface area contributed by atoms with E-state index < -0.39 is 11.6 Å². The molecule has 0 saturated heterocycles. The molecule has 0 unspecified atom stereocenters. The molecular formula is C10H10F2N2O. The SMILES string of the molecule is CC(=O)N/N=C(/C)c1ccc(F)c(F)c1. The summed E-state index contributed by atoms with van der Waals surface area (Å²) in [5.74, 6) is -2.17. The predicted octanol–water partition coefficient (Wildman–Crippen LogP) is 1.82. The summed E-state index contributed by atoms with van der Waals surface area (Å²) < 4.78 is 25.4. The van der Waals surface area contributed by atoms with E-state index in [9.17, 15) is 13.6 Å². The largest absolute Gasteiger partial charge is 0.274 e. The van der Waals surface area contributed by atoms with Crippen LogP contribution in [0.1, 0.15) is 19.4 Å². The van der Waals surface area contributed by atoms with Crippen LogP contribution in [0.3, 0.4) is 0 Å². The summed E-state index contributed by atoms with van der Waals surface area (Å²) in [7, 11) is 0. The minimum Gasteiger partial charge on any atom is -0.274 e. The molecule has 0 saturated carbocycles. The first kappa shape index (κ1) is 11.3. The van der Waals surface area contributed by atoms with Crippen LogP contribution in [0.4, 0.5) is 8.78 Å². The lowest BCUT2D eigenvalue weighted by Crippen LogP contribution is -2.15. The molecule has 0 aliphatic heterocycles. The third-order valence-corrected chi connectivity index (χ3v) is 1.72. The number of hydrogen-bond donors (Lipinski definition) is 1. The maximum atomic E-state index is 12.8. The first-order valence-corrected chi connectivity index (χ1v) is 4.27. The van der Waals surface area contributed by atoms with Gasteiger partial charge >= 0.3 is 0 Å². The Morgan fingerprint density at radius 2 is 1.93 bits per heavy atom. The van der Waals surface area contributed by atoms with E-state index >= 15 is 0 Å². The van der Waals surface area contributed by atoms with Crippen molar-refractivity contribution in [1.29, 1.82) is 0 Å². The molecule has 1 amide bonds. The Balaban J connectivity index is 2.91. The van der Waals surface area contributed by atoms with Crippen LogP contribution in [-0.4, -0.2) is 11.6 Å². The quantitative estimate of drug-likeness (QED) is 0.589. The Kier molecular flexibility index (Phi) is 3.49. The summed E-state index contributed by atoms with van der Waals surface area (Å²) in [4.78, 5) is 10.5. The molecule has 1 rings (SSSR count). The third kappa shape index (κ3) is 3.12. The van der Waals surface area contributed by atoms with E-state index in [0.717, 1.165) is 12.1 Å². The zero-order valence-corrected chi connectivity index (χ0v) is 8.34. The molecule has 5 heteroatoms. The van der Waals surface area contributed by atoms with Crippen molar-refractivity contribution in [2.24, 2.45) is 5.10 Å². The molecule has 0 fully saturated rings. The lowest BCUT2D eigenvalue weighted by molar-refractivity contribution is -0.118. The predicted molar refractivity (Wildman–Crippen MR) is 52.4 cm³/mol. The standard InChI is InChI=1S/C10H10F2N2O/c1-6(13-14-7(2)15)8-3-4-9(11)10(12)5-8/h3-5H,1-2H3,(H,14,15)/b13-6-. The van der Waals surface area contributed by atoms with Gasteiger partial charge in [0.25, 0.3) is 0 Å². The molecule has 0 aromatic heterocycles. The van der Waals surface area contributed by atoms with Gasteiger partial charge < -0.3 is 0 Å². The van der Waals surface area contributed by atoms with Gasteiger partial charge in [-0.15, -0.1) is 0 Å². The molecular weight excluding hydrogens is 202 g/mol. The summed E-state index contributed by atoms with van der Waals surface area (Å²) in [6.07, 6.45) is 0. The number of carbonyl (C=O) groups excluding carboxylic acids is 1. The van der Waals surface area contributed by atoms with Gasteiger partial charge in [0.15, 0.2) is 11.6 Å². The summed E-state index contributed by atoms with van der Waals surface area (Å²) >= 11 is 0. The molecule has 1 aromatic carbocycles. The smallest absolute Gasteiger partial charge is 0.236 e. The summed E-state index contributed by atoms with van der Waals surface area (Å²) in [6.45, 7) is 2.89. The Bertz CT molecular complexity index is 416. The van der Waals surface area contributed by atoms with Gasteiger partial charge in [0.2, 0.25) is 5.91 Å². The van der Waals surface area contributed by atoms with Gasteiger partial charge in [-0.2, -0.15) is 5.10 Å². The third-order valence-electron chi connectivity index (χ3n) is 1.72. The van der Waals surface area contributed by atoms with E-state index in [-0.39, 0.29) is 5.91 Å². The first-order valence-electron chi connectivity index (χ1n) is 4.27. The first-order chi connectivity index (χ1) is 7.00. The fraction of sp³-hybridized carbons (Fsp3) is 0.200. The maximum absolute atomic E-state index is 12.8. The monoisotopic (exact) mass is 212 g/mol. The molecule has 80 valence electrons. The molecule has 3 nitrogen and oxygen atoms in total. The molecule has 0 aliphatic carbocycles. The molecule has 0 atom stereocenters. The van der Waals surface area contributed by atoms with Crippen molar-refractivity contribution >= 4 is 11.6 Å². The zero-order chi connectivity index (χ0) is 11.4. The average molecular weight is 212 g/mol. The topological polar surface area (TPSA) is 41.5 Å². The molecule has 0 spiro atoms. The lowest BCUT2D eigenvalue weighted by Gasteiger charge is -2.01. The minimum atomic E-state index is -0.940. The summed E-state index contributed by atoms with van der Waals surface area (Å²) in [6, 6.07) is 3.42. The molecule has 0 bridgehead atoms. The van der Waals surface area contributed by atoms with Crippen LogP contribution in [0.5, 0.6) is 0 Å². The van der Waals surface area contributed by atoms with Crippen molar-refractivity contribution in [2.45, 2.75) is 13.8 Å². The number of benzene rings is 1. The van der Waals surface area contributed by atoms with Crippen LogP contribution < -0.4 is 5.43 Å². The number of hydrazone groups is 1. The molecule has 1 aromatic rings. The van der Waals surface area contributed by atoms with Crippen molar-refractivity contribution < 1.29 is 13.6 Å². The van der Waals surface area contributed by atoms with E-state index in [1.807, 2.05) is 0 Å². The number of nitrogens with one attached hydrogen (secondary N) is 1. The van der Waals surface area contributed by atoms with Crippen LogP contribution >= 0.6 is 0 Å². The highest BCUT2D eigenvalue weighted by molar-refractivity contribution is 5.99. The number of rotatable bonds is 2. The van der Waals surface area contributed by atoms with Crippen molar-refractivity contribution in [2.75, 3.05) is 0 Å². The number of amides is 1. The van der Waals surface area contributed by atoms with Gasteiger partial charge in [-0.25, -0.2) is 14.2 Å². The van der Waals surface area contributed by atoms with Crippen LogP contribution in [-0.2, 0) is 4.79 Å². The second-order valence-corrected chi connectivity index (χ2v) is 2.99. The lowest BCUT2D eigenvalue weighted by atomic mass is 10.1. The van der Waals surface area contributed by atoms with Gasteiger partial charge in [0.1, 0.15) is 0 Å².